The van der Waals surface area contributed by atoms with Gasteiger partial charge >= 0.3 is 5.97 Å². The Hall–Kier alpha value is -1.59. The topological polar surface area (TPSA) is 75.6 Å². The summed E-state index contributed by atoms with van der Waals surface area (Å²) < 4.78 is 5.38. The molecule has 0 heterocycles. The molecule has 0 radical (unpaired) electrons. The molecule has 4 saturated carbocycles. The molecule has 4 aliphatic rings. The van der Waals surface area contributed by atoms with E-state index >= 15 is 0 Å². The molecule has 4 bridgehead atoms. The van der Waals surface area contributed by atoms with Crippen LogP contribution >= 0.6 is 11.6 Å². The van der Waals surface area contributed by atoms with Crippen molar-refractivity contribution in [3.8, 4) is 0 Å². The van der Waals surface area contributed by atoms with E-state index in [4.69, 9.17) is 16.3 Å². The first-order valence-corrected chi connectivity index (χ1v) is 9.61. The maximum absolute atomic E-state index is 12.8. The smallest absolute Gasteiger partial charge is 0.312 e. The molecule has 4 fully saturated rings. The zero-order valence-electron chi connectivity index (χ0n) is 14.9. The molecular formula is C20H24ClNO4. The van der Waals surface area contributed by atoms with Crippen molar-refractivity contribution in [3.05, 3.63) is 28.8 Å². The Bertz CT molecular complexity index is 748. The van der Waals surface area contributed by atoms with Gasteiger partial charge in [0.2, 0.25) is 0 Å². The summed E-state index contributed by atoms with van der Waals surface area (Å²) in [6, 6.07) is 5.27. The van der Waals surface area contributed by atoms with Gasteiger partial charge < -0.3 is 15.2 Å². The lowest BCUT2D eigenvalue weighted by Crippen LogP contribution is -2.58. The minimum absolute atomic E-state index is 0.319. The van der Waals surface area contributed by atoms with Gasteiger partial charge in [0.15, 0.2) is 6.61 Å². The number of benzene rings is 1. The first kappa shape index (κ1) is 17.8. The predicted molar refractivity (Wildman–Crippen MR) is 97.8 cm³/mol. The van der Waals surface area contributed by atoms with Crippen LogP contribution in [-0.2, 0) is 14.3 Å². The number of carbonyl (C=O) groups excluding carboxylic acids is 2. The Labute approximate surface area is 158 Å². The highest BCUT2D eigenvalue weighted by molar-refractivity contribution is 6.31. The first-order valence-electron chi connectivity index (χ1n) is 9.23. The minimum Gasteiger partial charge on any atom is -0.455 e. The molecule has 0 spiro atoms. The van der Waals surface area contributed by atoms with Gasteiger partial charge in [-0.25, -0.2) is 0 Å². The van der Waals surface area contributed by atoms with Crippen molar-refractivity contribution < 1.29 is 19.4 Å². The molecule has 0 aromatic heterocycles. The summed E-state index contributed by atoms with van der Waals surface area (Å²) >= 11 is 6.05. The average molecular weight is 378 g/mol. The lowest BCUT2D eigenvalue weighted by Gasteiger charge is -2.58. The summed E-state index contributed by atoms with van der Waals surface area (Å²) in [6.07, 6.45) is 4.73. The normalized spacial score (nSPS) is 34.6. The number of carbonyl (C=O) groups is 2. The largest absolute Gasteiger partial charge is 0.455 e. The number of rotatable bonds is 4. The van der Waals surface area contributed by atoms with Crippen molar-refractivity contribution in [1.82, 2.24) is 0 Å². The van der Waals surface area contributed by atoms with Gasteiger partial charge in [0.05, 0.1) is 11.0 Å². The number of esters is 1. The molecule has 0 saturated heterocycles. The maximum Gasteiger partial charge on any atom is 0.312 e. The lowest BCUT2D eigenvalue weighted by molar-refractivity contribution is -0.196. The zero-order chi connectivity index (χ0) is 18.5. The third-order valence-corrected chi connectivity index (χ3v) is 6.75. The molecule has 26 heavy (non-hydrogen) atoms. The summed E-state index contributed by atoms with van der Waals surface area (Å²) in [5.41, 5.74) is 0.0637. The molecule has 4 atom stereocenters. The lowest BCUT2D eigenvalue weighted by atomic mass is 9.48. The molecule has 0 aliphatic heterocycles. The quantitative estimate of drug-likeness (QED) is 0.788. The van der Waals surface area contributed by atoms with Crippen LogP contribution in [0.2, 0.25) is 5.02 Å². The summed E-state index contributed by atoms with van der Waals surface area (Å²) in [6.45, 7) is 1.50. The molecule has 140 valence electrons. The number of amides is 1. The zero-order valence-corrected chi connectivity index (χ0v) is 15.6. The van der Waals surface area contributed by atoms with Gasteiger partial charge in [-0.2, -0.15) is 0 Å². The summed E-state index contributed by atoms with van der Waals surface area (Å²) in [7, 11) is 0. The van der Waals surface area contributed by atoms with E-state index in [0.717, 1.165) is 37.7 Å². The number of hydrogen-bond donors (Lipinski definition) is 2. The molecule has 5 rings (SSSR count). The summed E-state index contributed by atoms with van der Waals surface area (Å²) in [5.74, 6) is 0.0867. The van der Waals surface area contributed by atoms with Crippen LogP contribution in [0.25, 0.3) is 0 Å². The fourth-order valence-corrected chi connectivity index (χ4v) is 5.84. The highest BCUT2D eigenvalue weighted by Gasteiger charge is 2.60. The van der Waals surface area contributed by atoms with E-state index < -0.39 is 11.0 Å². The van der Waals surface area contributed by atoms with Gasteiger partial charge in [0.25, 0.3) is 5.91 Å². The van der Waals surface area contributed by atoms with Crippen LogP contribution in [-0.4, -0.2) is 29.2 Å². The van der Waals surface area contributed by atoms with E-state index in [1.807, 2.05) is 6.92 Å². The number of anilines is 1. The van der Waals surface area contributed by atoms with Crippen molar-refractivity contribution in [3.63, 3.8) is 0 Å². The molecular weight excluding hydrogens is 354 g/mol. The predicted octanol–water partition coefficient (Wildman–Crippen LogP) is 3.46. The Kier molecular flexibility index (Phi) is 4.27. The molecule has 1 aromatic rings. The number of nitrogens with one attached hydrogen (secondary N) is 1. The molecule has 2 N–H and O–H groups in total. The van der Waals surface area contributed by atoms with E-state index in [1.54, 1.807) is 18.2 Å². The van der Waals surface area contributed by atoms with Crippen LogP contribution in [0, 0.1) is 24.2 Å². The van der Waals surface area contributed by atoms with Crippen molar-refractivity contribution in [2.45, 2.75) is 51.0 Å². The maximum atomic E-state index is 12.8. The van der Waals surface area contributed by atoms with Crippen molar-refractivity contribution in [1.29, 1.82) is 0 Å². The molecule has 4 aliphatic carbocycles. The van der Waals surface area contributed by atoms with E-state index in [2.05, 4.69) is 5.32 Å². The van der Waals surface area contributed by atoms with Gasteiger partial charge in [-0.1, -0.05) is 17.7 Å². The van der Waals surface area contributed by atoms with Crippen molar-refractivity contribution in [2.24, 2.45) is 17.3 Å². The van der Waals surface area contributed by atoms with E-state index in [0.29, 0.717) is 29.0 Å². The third kappa shape index (κ3) is 3.12. The van der Waals surface area contributed by atoms with Crippen molar-refractivity contribution in [2.75, 3.05) is 11.9 Å². The second-order valence-corrected chi connectivity index (χ2v) is 8.91. The highest BCUT2D eigenvalue weighted by atomic mass is 35.5. The molecule has 1 aromatic carbocycles. The summed E-state index contributed by atoms with van der Waals surface area (Å²) in [5, 5.41) is 14.1. The Morgan fingerprint density at radius 3 is 2.62 bits per heavy atom. The monoisotopic (exact) mass is 377 g/mol. The van der Waals surface area contributed by atoms with Gasteiger partial charge in [0, 0.05) is 10.7 Å². The van der Waals surface area contributed by atoms with E-state index in [-0.39, 0.29) is 18.5 Å². The molecule has 6 heteroatoms. The van der Waals surface area contributed by atoms with E-state index in [9.17, 15) is 14.7 Å². The second-order valence-electron chi connectivity index (χ2n) is 8.50. The number of ether oxygens (including phenoxy) is 1. The Morgan fingerprint density at radius 1 is 1.27 bits per heavy atom. The third-order valence-electron chi connectivity index (χ3n) is 6.34. The number of hydrogen-bond acceptors (Lipinski definition) is 4. The van der Waals surface area contributed by atoms with Gasteiger partial charge in [-0.15, -0.1) is 0 Å². The number of halogens is 1. The van der Waals surface area contributed by atoms with Gasteiger partial charge in [-0.05, 0) is 75.0 Å². The molecule has 5 nitrogen and oxygen atoms in total. The molecule has 2 unspecified atom stereocenters. The van der Waals surface area contributed by atoms with Gasteiger partial charge in [-0.3, -0.25) is 9.59 Å². The van der Waals surface area contributed by atoms with Crippen molar-refractivity contribution >= 4 is 29.2 Å². The van der Waals surface area contributed by atoms with Crippen LogP contribution in [0.3, 0.4) is 0 Å². The minimum atomic E-state index is -0.719. The van der Waals surface area contributed by atoms with Crippen LogP contribution in [0.5, 0.6) is 0 Å². The first-order chi connectivity index (χ1) is 12.3. The summed E-state index contributed by atoms with van der Waals surface area (Å²) in [4.78, 5) is 25.0. The Balaban J connectivity index is 1.38. The fraction of sp³-hybridized carbons (Fsp3) is 0.600. The average Bonchev–Trinajstić information content (AvgIpc) is 2.54. The van der Waals surface area contributed by atoms with Crippen LogP contribution < -0.4 is 5.32 Å². The standard InChI is InChI=1S/C20H24ClNO4/c1-12-15(21)3-2-4-16(12)22-17(23)10-26-18(24)19-6-13-5-14(7-19)9-20(25,8-13)11-19/h2-4,13-14,25H,5-11H2,1H3,(H,22,23)/t13-,14+,19?,20?. The van der Waals surface area contributed by atoms with Gasteiger partial charge in [0.1, 0.15) is 0 Å². The van der Waals surface area contributed by atoms with Crippen LogP contribution in [0.4, 0.5) is 5.69 Å². The highest BCUT2D eigenvalue weighted by Crippen LogP contribution is 2.61. The number of aliphatic hydroxyl groups is 1. The fourth-order valence-electron chi connectivity index (χ4n) is 5.67. The Morgan fingerprint density at radius 2 is 1.96 bits per heavy atom. The SMILES string of the molecule is Cc1c(Cl)cccc1NC(=O)COC(=O)C12C[C@@H]3C[C@@H](CC(O)(C3)C1)C2. The van der Waals surface area contributed by atoms with E-state index in [1.165, 1.54) is 0 Å². The van der Waals surface area contributed by atoms with Crippen LogP contribution in [0.15, 0.2) is 18.2 Å². The molecule has 1 amide bonds. The second kappa shape index (κ2) is 6.24. The van der Waals surface area contributed by atoms with Crippen LogP contribution in [0.1, 0.15) is 44.1 Å².